The third-order valence-electron chi connectivity index (χ3n) is 1.88. The van der Waals surface area contributed by atoms with Crippen LogP contribution in [0.2, 0.25) is 0 Å². The van der Waals surface area contributed by atoms with Gasteiger partial charge in [0.2, 0.25) is 5.91 Å². The van der Waals surface area contributed by atoms with E-state index in [1.165, 1.54) is 0 Å². The summed E-state index contributed by atoms with van der Waals surface area (Å²) in [6, 6.07) is 3.63. The Labute approximate surface area is 102 Å². The summed E-state index contributed by atoms with van der Waals surface area (Å²) in [7, 11) is 1.59. The topological polar surface area (TPSA) is 38.3 Å². The Kier molecular flexibility index (Phi) is 4.42. The van der Waals surface area contributed by atoms with Crippen molar-refractivity contribution in [3.8, 4) is 5.75 Å². The number of ether oxygens (including phenoxy) is 1. The highest BCUT2D eigenvalue weighted by atomic mass is 79.9. The first-order valence-electron chi connectivity index (χ1n) is 4.28. The van der Waals surface area contributed by atoms with Crippen LogP contribution in [0, 0.1) is 6.92 Å². The van der Waals surface area contributed by atoms with Crippen LogP contribution in [-0.2, 0) is 4.79 Å². The maximum atomic E-state index is 11.1. The number of aryl methyl sites for hydroxylation is 1. The normalized spacial score (nSPS) is 9.87. The molecule has 3 nitrogen and oxygen atoms in total. The molecule has 0 aliphatic rings. The Morgan fingerprint density at radius 1 is 1.60 bits per heavy atom. The number of nitrogens with one attached hydrogen (secondary N) is 1. The predicted octanol–water partition coefficient (Wildman–Crippen LogP) is 2.94. The van der Waals surface area contributed by atoms with Crippen LogP contribution in [0.25, 0.3) is 0 Å². The van der Waals surface area contributed by atoms with E-state index in [1.807, 2.05) is 13.0 Å². The number of hydrogen-bond acceptors (Lipinski definition) is 2. The van der Waals surface area contributed by atoms with Crippen molar-refractivity contribution >= 4 is 39.1 Å². The molecule has 0 saturated carbocycles. The van der Waals surface area contributed by atoms with Crippen LogP contribution in [0.4, 0.5) is 5.69 Å². The number of rotatable bonds is 3. The van der Waals surface area contributed by atoms with Gasteiger partial charge < -0.3 is 10.1 Å². The van der Waals surface area contributed by atoms with Gasteiger partial charge in [0.15, 0.2) is 0 Å². The minimum Gasteiger partial charge on any atom is -0.496 e. The number of methoxy groups -OCH3 is 1. The molecule has 0 aromatic heterocycles. The molecule has 1 N–H and O–H groups in total. The maximum absolute atomic E-state index is 11.1. The van der Waals surface area contributed by atoms with E-state index in [0.717, 1.165) is 15.8 Å². The summed E-state index contributed by atoms with van der Waals surface area (Å²) in [5.41, 5.74) is 1.65. The number of benzene rings is 1. The van der Waals surface area contributed by atoms with Gasteiger partial charge in [-0.3, -0.25) is 4.79 Å². The largest absolute Gasteiger partial charge is 0.496 e. The van der Waals surface area contributed by atoms with Crippen molar-refractivity contribution in [2.75, 3.05) is 18.3 Å². The highest BCUT2D eigenvalue weighted by Crippen LogP contribution is 2.30. The zero-order valence-corrected chi connectivity index (χ0v) is 10.8. The van der Waals surface area contributed by atoms with Crippen LogP contribution in [0.5, 0.6) is 5.75 Å². The number of carbonyl (C=O) groups excluding carboxylic acids is 1. The Bertz CT molecular complexity index is 382. The molecule has 1 aromatic rings. The second kappa shape index (κ2) is 5.37. The average Bonchev–Trinajstić information content (AvgIpc) is 2.21. The number of amides is 1. The molecule has 1 rings (SSSR count). The van der Waals surface area contributed by atoms with E-state index in [1.54, 1.807) is 13.2 Å². The Morgan fingerprint density at radius 3 is 2.80 bits per heavy atom. The minimum absolute atomic E-state index is 0.0668. The second-order valence-electron chi connectivity index (χ2n) is 2.98. The summed E-state index contributed by atoms with van der Waals surface area (Å²) in [6.07, 6.45) is 0. The molecular formula is C10H11BrClNO2. The van der Waals surface area contributed by atoms with Crippen LogP contribution < -0.4 is 10.1 Å². The van der Waals surface area contributed by atoms with Gasteiger partial charge in [0.25, 0.3) is 0 Å². The minimum atomic E-state index is -0.247. The lowest BCUT2D eigenvalue weighted by atomic mass is 10.2. The highest BCUT2D eigenvalue weighted by molar-refractivity contribution is 9.10. The van der Waals surface area contributed by atoms with Gasteiger partial charge in [0.05, 0.1) is 12.8 Å². The summed E-state index contributed by atoms with van der Waals surface area (Å²) in [6.45, 7) is 1.93. The molecular weight excluding hydrogens is 281 g/mol. The van der Waals surface area contributed by atoms with Gasteiger partial charge >= 0.3 is 0 Å². The lowest BCUT2D eigenvalue weighted by molar-refractivity contribution is -0.113. The molecule has 0 spiro atoms. The molecule has 82 valence electrons. The Morgan fingerprint density at radius 2 is 2.27 bits per heavy atom. The zero-order valence-electron chi connectivity index (χ0n) is 8.43. The smallest absolute Gasteiger partial charge is 0.239 e. The molecule has 0 aliphatic carbocycles. The number of halogens is 2. The van der Waals surface area contributed by atoms with Gasteiger partial charge in [-0.05, 0) is 34.5 Å². The number of carbonyl (C=O) groups is 1. The van der Waals surface area contributed by atoms with E-state index in [2.05, 4.69) is 21.2 Å². The maximum Gasteiger partial charge on any atom is 0.239 e. The SMILES string of the molecule is COc1cc(NC(=O)CCl)c(Br)cc1C. The molecule has 15 heavy (non-hydrogen) atoms. The molecule has 1 amide bonds. The molecule has 1 aromatic carbocycles. The third kappa shape index (κ3) is 3.11. The number of hydrogen-bond donors (Lipinski definition) is 1. The van der Waals surface area contributed by atoms with Crippen LogP contribution in [-0.4, -0.2) is 18.9 Å². The van der Waals surface area contributed by atoms with Crippen molar-refractivity contribution in [3.63, 3.8) is 0 Å². The Balaban J connectivity index is 3.02. The fourth-order valence-corrected chi connectivity index (χ4v) is 1.78. The van der Waals surface area contributed by atoms with E-state index in [0.29, 0.717) is 5.69 Å². The predicted molar refractivity (Wildman–Crippen MR) is 64.8 cm³/mol. The first-order chi connectivity index (χ1) is 7.08. The highest BCUT2D eigenvalue weighted by Gasteiger charge is 2.08. The Hall–Kier alpha value is -0.740. The van der Waals surface area contributed by atoms with Crippen LogP contribution in [0.3, 0.4) is 0 Å². The summed E-state index contributed by atoms with van der Waals surface area (Å²) < 4.78 is 5.96. The monoisotopic (exact) mass is 291 g/mol. The first-order valence-corrected chi connectivity index (χ1v) is 5.61. The quantitative estimate of drug-likeness (QED) is 0.870. The second-order valence-corrected chi connectivity index (χ2v) is 4.11. The standard InChI is InChI=1S/C10H11BrClNO2/c1-6-3-7(11)8(4-9(6)15-2)13-10(14)5-12/h3-4H,5H2,1-2H3,(H,13,14). The first kappa shape index (κ1) is 12.3. The van der Waals surface area contributed by atoms with E-state index >= 15 is 0 Å². The lowest BCUT2D eigenvalue weighted by Crippen LogP contribution is -2.13. The van der Waals surface area contributed by atoms with Gasteiger partial charge in [-0.2, -0.15) is 0 Å². The van der Waals surface area contributed by atoms with Crippen LogP contribution >= 0.6 is 27.5 Å². The molecule has 0 bridgehead atoms. The summed E-state index contributed by atoms with van der Waals surface area (Å²) in [4.78, 5) is 11.1. The molecule has 0 saturated heterocycles. The van der Waals surface area contributed by atoms with Crippen molar-refractivity contribution in [2.45, 2.75) is 6.92 Å². The molecule has 0 heterocycles. The number of alkyl halides is 1. The summed E-state index contributed by atoms with van der Waals surface area (Å²) >= 11 is 8.76. The van der Waals surface area contributed by atoms with Crippen molar-refractivity contribution < 1.29 is 9.53 Å². The fourth-order valence-electron chi connectivity index (χ4n) is 1.15. The van der Waals surface area contributed by atoms with Gasteiger partial charge in [0, 0.05) is 10.5 Å². The van der Waals surface area contributed by atoms with Crippen LogP contribution in [0.1, 0.15) is 5.56 Å². The zero-order chi connectivity index (χ0) is 11.4. The summed E-state index contributed by atoms with van der Waals surface area (Å²) in [5.74, 6) is 0.411. The lowest BCUT2D eigenvalue weighted by Gasteiger charge is -2.10. The fraction of sp³-hybridized carbons (Fsp3) is 0.300. The van der Waals surface area contributed by atoms with Crippen LogP contribution in [0.15, 0.2) is 16.6 Å². The van der Waals surface area contributed by atoms with E-state index in [9.17, 15) is 4.79 Å². The van der Waals surface area contributed by atoms with E-state index < -0.39 is 0 Å². The van der Waals surface area contributed by atoms with E-state index in [4.69, 9.17) is 16.3 Å². The van der Waals surface area contributed by atoms with Gasteiger partial charge in [-0.1, -0.05) is 0 Å². The molecule has 0 aliphatic heterocycles. The van der Waals surface area contributed by atoms with E-state index in [-0.39, 0.29) is 11.8 Å². The molecule has 0 fully saturated rings. The molecule has 0 atom stereocenters. The van der Waals surface area contributed by atoms with Crippen molar-refractivity contribution in [1.82, 2.24) is 0 Å². The average molecular weight is 293 g/mol. The molecule has 5 heteroatoms. The van der Waals surface area contributed by atoms with Crippen molar-refractivity contribution in [3.05, 3.63) is 22.2 Å². The molecule has 0 radical (unpaired) electrons. The summed E-state index contributed by atoms with van der Waals surface area (Å²) in [5, 5.41) is 2.66. The van der Waals surface area contributed by atoms with Crippen molar-refractivity contribution in [1.29, 1.82) is 0 Å². The van der Waals surface area contributed by atoms with Gasteiger partial charge in [-0.25, -0.2) is 0 Å². The van der Waals surface area contributed by atoms with Crippen molar-refractivity contribution in [2.24, 2.45) is 0 Å². The van der Waals surface area contributed by atoms with Gasteiger partial charge in [-0.15, -0.1) is 11.6 Å². The molecule has 0 unspecified atom stereocenters. The number of anilines is 1. The van der Waals surface area contributed by atoms with Gasteiger partial charge in [0.1, 0.15) is 11.6 Å². The third-order valence-corrected chi connectivity index (χ3v) is 2.78.